The predicted molar refractivity (Wildman–Crippen MR) is 119 cm³/mol. The van der Waals surface area contributed by atoms with Gasteiger partial charge in [-0.25, -0.2) is 0 Å². The van der Waals surface area contributed by atoms with Crippen molar-refractivity contribution < 1.29 is 40.1 Å². The Labute approximate surface area is 196 Å². The molecule has 2 fully saturated rings. The van der Waals surface area contributed by atoms with Gasteiger partial charge in [-0.3, -0.25) is 0 Å². The molecule has 7 atom stereocenters. The molecule has 2 aromatic carbocycles. The van der Waals surface area contributed by atoms with Crippen LogP contribution in [0.5, 0.6) is 5.75 Å². The van der Waals surface area contributed by atoms with E-state index in [-0.39, 0.29) is 11.7 Å². The largest absolute Gasteiger partial charge is 0.488 e. The maximum atomic E-state index is 11.0. The third kappa shape index (κ3) is 4.89. The first kappa shape index (κ1) is 24.4. The van der Waals surface area contributed by atoms with E-state index in [2.05, 4.69) is 0 Å². The van der Waals surface area contributed by atoms with Crippen LogP contribution in [0.2, 0.25) is 5.02 Å². The maximum absolute atomic E-state index is 11.0. The molecule has 0 spiro atoms. The van der Waals surface area contributed by atoms with Crippen LogP contribution >= 0.6 is 11.6 Å². The van der Waals surface area contributed by atoms with Crippen LogP contribution < -0.4 is 4.74 Å². The molecule has 180 valence electrons. The minimum absolute atomic E-state index is 0.133. The number of hydrogen-bond donors (Lipinski definition) is 6. The fourth-order valence-electron chi connectivity index (χ4n) is 4.45. The molecule has 0 amide bonds. The molecule has 0 unspecified atom stereocenters. The monoisotopic (exact) mass is 480 g/mol. The highest BCUT2D eigenvalue weighted by atomic mass is 35.5. The van der Waals surface area contributed by atoms with Crippen molar-refractivity contribution in [2.24, 2.45) is 0 Å². The number of halogens is 1. The highest BCUT2D eigenvalue weighted by molar-refractivity contribution is 6.31. The zero-order valence-corrected chi connectivity index (χ0v) is 18.7. The summed E-state index contributed by atoms with van der Waals surface area (Å²) < 4.78 is 11.3. The summed E-state index contributed by atoms with van der Waals surface area (Å²) in [6.45, 7) is -0.653. The van der Waals surface area contributed by atoms with Crippen LogP contribution in [0.25, 0.3) is 0 Å². The number of hydrogen-bond acceptors (Lipinski definition) is 8. The zero-order valence-electron chi connectivity index (χ0n) is 17.9. The summed E-state index contributed by atoms with van der Waals surface area (Å²) in [5.41, 5.74) is 1.68. The molecular formula is C24H29ClO8. The lowest BCUT2D eigenvalue weighted by atomic mass is 9.87. The molecule has 1 saturated heterocycles. The molecule has 1 aliphatic carbocycles. The first-order valence-corrected chi connectivity index (χ1v) is 11.4. The lowest BCUT2D eigenvalue weighted by Gasteiger charge is -2.45. The SMILES string of the molecule is OC[C@H]1O[C@@](O)(c2ccc(Cl)c(Cc3ccc(O[C@H]4CCC[C@@H]4O)cc3)c2)[C@H](O)[C@@H](O)[C@@H]1O. The number of ether oxygens (including phenoxy) is 2. The zero-order chi connectivity index (χ0) is 23.8. The van der Waals surface area contributed by atoms with Gasteiger partial charge in [0.1, 0.15) is 36.3 Å². The molecule has 8 nitrogen and oxygen atoms in total. The van der Waals surface area contributed by atoms with Gasteiger partial charge >= 0.3 is 0 Å². The van der Waals surface area contributed by atoms with E-state index in [1.807, 2.05) is 24.3 Å². The summed E-state index contributed by atoms with van der Waals surface area (Å²) in [4.78, 5) is 0. The Bertz CT molecular complexity index is 952. The summed E-state index contributed by atoms with van der Waals surface area (Å²) in [5.74, 6) is -1.68. The second kappa shape index (κ2) is 9.85. The molecule has 0 aromatic heterocycles. The van der Waals surface area contributed by atoms with E-state index >= 15 is 0 Å². The Morgan fingerprint density at radius 3 is 2.36 bits per heavy atom. The Morgan fingerprint density at radius 2 is 1.73 bits per heavy atom. The fraction of sp³-hybridized carbons (Fsp3) is 0.500. The van der Waals surface area contributed by atoms with Crippen LogP contribution in [-0.2, 0) is 16.9 Å². The summed E-state index contributed by atoms with van der Waals surface area (Å²) in [6.07, 6.45) is -4.11. The van der Waals surface area contributed by atoms with Gasteiger partial charge in [0.2, 0.25) is 5.79 Å². The van der Waals surface area contributed by atoms with Crippen molar-refractivity contribution in [2.75, 3.05) is 6.61 Å². The second-order valence-electron chi connectivity index (χ2n) is 8.74. The van der Waals surface area contributed by atoms with E-state index in [4.69, 9.17) is 21.1 Å². The van der Waals surface area contributed by atoms with Crippen LogP contribution in [-0.4, -0.2) is 73.9 Å². The lowest BCUT2D eigenvalue weighted by Crippen LogP contribution is -2.63. The van der Waals surface area contributed by atoms with Gasteiger partial charge in [0.15, 0.2) is 0 Å². The van der Waals surface area contributed by atoms with Gasteiger partial charge in [-0.15, -0.1) is 0 Å². The molecule has 2 aromatic rings. The van der Waals surface area contributed by atoms with Gasteiger partial charge in [0, 0.05) is 10.6 Å². The fourth-order valence-corrected chi connectivity index (χ4v) is 4.63. The molecule has 2 aliphatic rings. The smallest absolute Gasteiger partial charge is 0.222 e. The molecule has 0 bridgehead atoms. The molecule has 33 heavy (non-hydrogen) atoms. The van der Waals surface area contributed by atoms with E-state index in [1.165, 1.54) is 6.07 Å². The minimum Gasteiger partial charge on any atom is -0.488 e. The topological polar surface area (TPSA) is 140 Å². The lowest BCUT2D eigenvalue weighted by molar-refractivity contribution is -0.357. The summed E-state index contributed by atoms with van der Waals surface area (Å²) in [5, 5.41) is 61.4. The van der Waals surface area contributed by atoms with Gasteiger partial charge in [0.05, 0.1) is 12.7 Å². The first-order chi connectivity index (χ1) is 15.7. The van der Waals surface area contributed by atoms with Crippen molar-refractivity contribution in [2.45, 2.75) is 68.1 Å². The van der Waals surface area contributed by atoms with Crippen molar-refractivity contribution in [3.05, 3.63) is 64.2 Å². The predicted octanol–water partition coefficient (Wildman–Crippen LogP) is 0.842. The Kier molecular flexibility index (Phi) is 7.28. The van der Waals surface area contributed by atoms with Crippen LogP contribution in [0.15, 0.2) is 42.5 Å². The van der Waals surface area contributed by atoms with Crippen molar-refractivity contribution in [1.29, 1.82) is 0 Å². The third-order valence-corrected chi connectivity index (χ3v) is 6.82. The first-order valence-electron chi connectivity index (χ1n) is 11.0. The van der Waals surface area contributed by atoms with Gasteiger partial charge < -0.3 is 40.1 Å². The van der Waals surface area contributed by atoms with Crippen LogP contribution in [0.1, 0.15) is 36.0 Å². The third-order valence-electron chi connectivity index (χ3n) is 6.45. The second-order valence-corrected chi connectivity index (χ2v) is 9.15. The van der Waals surface area contributed by atoms with E-state index in [0.717, 1.165) is 24.8 Å². The molecule has 0 radical (unpaired) electrons. The van der Waals surface area contributed by atoms with Gasteiger partial charge in [-0.2, -0.15) is 0 Å². The highest BCUT2D eigenvalue weighted by Crippen LogP contribution is 2.38. The molecule has 1 saturated carbocycles. The standard InChI is InChI=1S/C24H29ClO8/c25-17-9-6-15(24(31)23(30)22(29)21(28)20(12-26)33-24)11-14(17)10-13-4-7-16(8-5-13)32-19-3-1-2-18(19)27/h4-9,11,18-23,26-31H,1-3,10,12H2/t18-,19-,20+,21+,22-,23+,24-/m0/s1. The van der Waals surface area contributed by atoms with E-state index in [0.29, 0.717) is 22.8 Å². The van der Waals surface area contributed by atoms with E-state index < -0.39 is 42.9 Å². The van der Waals surface area contributed by atoms with Crippen molar-refractivity contribution >= 4 is 11.6 Å². The van der Waals surface area contributed by atoms with Crippen molar-refractivity contribution in [1.82, 2.24) is 0 Å². The van der Waals surface area contributed by atoms with E-state index in [1.54, 1.807) is 12.1 Å². The number of rotatable bonds is 6. The summed E-state index contributed by atoms with van der Waals surface area (Å²) in [7, 11) is 0. The van der Waals surface area contributed by atoms with E-state index in [9.17, 15) is 30.6 Å². The van der Waals surface area contributed by atoms with Gasteiger partial charge in [-0.05, 0) is 61.1 Å². The van der Waals surface area contributed by atoms with Gasteiger partial charge in [-0.1, -0.05) is 29.8 Å². The average Bonchev–Trinajstić information content (AvgIpc) is 3.21. The summed E-state index contributed by atoms with van der Waals surface area (Å²) in [6, 6.07) is 12.0. The van der Waals surface area contributed by atoms with Gasteiger partial charge in [0.25, 0.3) is 0 Å². The van der Waals surface area contributed by atoms with Crippen LogP contribution in [0.3, 0.4) is 0 Å². The number of aliphatic hydroxyl groups excluding tert-OH is 5. The normalized spacial score (nSPS) is 34.4. The Morgan fingerprint density at radius 1 is 1.00 bits per heavy atom. The maximum Gasteiger partial charge on any atom is 0.222 e. The molecular weight excluding hydrogens is 452 g/mol. The Balaban J connectivity index is 1.53. The van der Waals surface area contributed by atoms with Crippen molar-refractivity contribution in [3.8, 4) is 5.75 Å². The minimum atomic E-state index is -2.34. The molecule has 1 aliphatic heterocycles. The highest BCUT2D eigenvalue weighted by Gasteiger charge is 2.53. The van der Waals surface area contributed by atoms with Crippen LogP contribution in [0.4, 0.5) is 0 Å². The molecule has 9 heteroatoms. The average molecular weight is 481 g/mol. The quantitative estimate of drug-likeness (QED) is 0.357. The van der Waals surface area contributed by atoms with Crippen molar-refractivity contribution in [3.63, 3.8) is 0 Å². The number of aliphatic hydroxyl groups is 6. The van der Waals surface area contributed by atoms with Crippen LogP contribution in [0, 0.1) is 0 Å². The molecule has 4 rings (SSSR count). The summed E-state index contributed by atoms with van der Waals surface area (Å²) >= 11 is 6.37. The molecule has 1 heterocycles. The Hall–Kier alpha value is -1.75. The number of benzene rings is 2. The molecule has 6 N–H and O–H groups in total.